The van der Waals surface area contributed by atoms with Gasteiger partial charge in [-0.25, -0.2) is 0 Å². The maximum atomic E-state index is 9.12. The van der Waals surface area contributed by atoms with Crippen LogP contribution in [-0.2, 0) is 0 Å². The first-order chi connectivity index (χ1) is 4.66. The van der Waals surface area contributed by atoms with E-state index in [0.29, 0.717) is 0 Å². The van der Waals surface area contributed by atoms with E-state index in [1.54, 1.807) is 0 Å². The molecule has 1 aliphatic heterocycles. The summed E-state index contributed by atoms with van der Waals surface area (Å²) in [6.45, 7) is -0.216. The first-order valence-corrected chi connectivity index (χ1v) is 3.15. The Hall–Kier alpha value is -0.200. The minimum atomic E-state index is -0.910. The number of nitrogens with one attached hydrogen (secondary N) is 1. The Balaban J connectivity index is 2.53. The third-order valence-corrected chi connectivity index (χ3v) is 1.75. The highest BCUT2D eigenvalue weighted by Crippen LogP contribution is 2.09. The van der Waals surface area contributed by atoms with Gasteiger partial charge in [0.1, 0.15) is 6.23 Å². The van der Waals surface area contributed by atoms with Gasteiger partial charge in [-0.2, -0.15) is 0 Å². The highest BCUT2D eigenvalue weighted by molar-refractivity contribution is 4.95. The Morgan fingerprint density at radius 2 is 2.00 bits per heavy atom. The molecule has 0 saturated carbocycles. The Morgan fingerprint density at radius 1 is 1.40 bits per heavy atom. The van der Waals surface area contributed by atoms with Gasteiger partial charge in [0.2, 0.25) is 0 Å². The fourth-order valence-corrected chi connectivity index (χ4v) is 1.04. The van der Waals surface area contributed by atoms with Crippen LogP contribution in [0.25, 0.3) is 0 Å². The van der Waals surface area contributed by atoms with Gasteiger partial charge in [0, 0.05) is 0 Å². The summed E-state index contributed by atoms with van der Waals surface area (Å²) in [6, 6.07) is -1.19. The highest BCUT2D eigenvalue weighted by Gasteiger charge is 2.37. The number of hydrogen-bond acceptors (Lipinski definition) is 5. The van der Waals surface area contributed by atoms with Crippen molar-refractivity contribution in [2.45, 2.75) is 24.4 Å². The van der Waals surface area contributed by atoms with Crippen molar-refractivity contribution in [3.8, 4) is 0 Å². The van der Waals surface area contributed by atoms with E-state index in [2.05, 4.69) is 5.32 Å². The van der Waals surface area contributed by atoms with E-state index < -0.39 is 24.4 Å². The Bertz CT molecular complexity index is 121. The molecule has 10 heavy (non-hydrogen) atoms. The van der Waals surface area contributed by atoms with E-state index in [1.165, 1.54) is 0 Å². The summed E-state index contributed by atoms with van der Waals surface area (Å²) < 4.78 is 0. The fourth-order valence-electron chi connectivity index (χ4n) is 1.04. The van der Waals surface area contributed by atoms with Crippen LogP contribution in [0.4, 0.5) is 0 Å². The van der Waals surface area contributed by atoms with Crippen LogP contribution in [0.1, 0.15) is 0 Å². The largest absolute Gasteiger partial charge is 0.395 e. The van der Waals surface area contributed by atoms with Gasteiger partial charge in [-0.1, -0.05) is 0 Å². The molecule has 0 aromatic carbocycles. The summed E-state index contributed by atoms with van der Waals surface area (Å²) in [5, 5.41) is 29.2. The fraction of sp³-hybridized carbons (Fsp3) is 1.00. The van der Waals surface area contributed by atoms with Crippen LogP contribution in [0.5, 0.6) is 0 Å². The quantitative estimate of drug-likeness (QED) is 0.272. The lowest BCUT2D eigenvalue weighted by Gasteiger charge is -2.12. The molecular weight excluding hydrogens is 136 g/mol. The van der Waals surface area contributed by atoms with E-state index in [9.17, 15) is 0 Å². The van der Waals surface area contributed by atoms with Crippen LogP contribution < -0.4 is 11.1 Å². The van der Waals surface area contributed by atoms with Crippen molar-refractivity contribution in [3.63, 3.8) is 0 Å². The van der Waals surface area contributed by atoms with E-state index >= 15 is 0 Å². The zero-order chi connectivity index (χ0) is 7.72. The summed E-state index contributed by atoms with van der Waals surface area (Å²) in [7, 11) is 0. The Morgan fingerprint density at radius 3 is 2.20 bits per heavy atom. The molecule has 0 aliphatic carbocycles. The van der Waals surface area contributed by atoms with Crippen molar-refractivity contribution >= 4 is 0 Å². The topological polar surface area (TPSA) is 98.7 Å². The second-order valence-corrected chi connectivity index (χ2v) is 2.47. The molecule has 6 N–H and O–H groups in total. The molecule has 60 valence electrons. The average molecular weight is 148 g/mol. The minimum Gasteiger partial charge on any atom is -0.395 e. The van der Waals surface area contributed by atoms with Crippen molar-refractivity contribution in [1.82, 2.24) is 5.32 Å². The van der Waals surface area contributed by atoms with Crippen LogP contribution in [-0.4, -0.2) is 46.3 Å². The van der Waals surface area contributed by atoms with E-state index in [0.717, 1.165) is 0 Å². The lowest BCUT2D eigenvalue weighted by atomic mass is 10.1. The van der Waals surface area contributed by atoms with Crippen molar-refractivity contribution < 1.29 is 15.3 Å². The van der Waals surface area contributed by atoms with E-state index in [-0.39, 0.29) is 6.61 Å². The second-order valence-electron chi connectivity index (χ2n) is 2.47. The number of rotatable bonds is 1. The normalized spacial score (nSPS) is 48.0. The van der Waals surface area contributed by atoms with Crippen molar-refractivity contribution in [3.05, 3.63) is 0 Å². The monoisotopic (exact) mass is 148 g/mol. The maximum absolute atomic E-state index is 9.12. The zero-order valence-corrected chi connectivity index (χ0v) is 5.44. The van der Waals surface area contributed by atoms with Crippen molar-refractivity contribution in [2.24, 2.45) is 5.73 Å². The summed E-state index contributed by atoms with van der Waals surface area (Å²) in [6.07, 6.45) is -1.77. The van der Waals surface area contributed by atoms with Gasteiger partial charge in [0.25, 0.3) is 0 Å². The van der Waals surface area contributed by atoms with Gasteiger partial charge in [-0.15, -0.1) is 0 Å². The predicted octanol–water partition coefficient (Wildman–Crippen LogP) is -3.04. The van der Waals surface area contributed by atoms with Crippen LogP contribution in [0.15, 0.2) is 0 Å². The molecule has 5 nitrogen and oxygen atoms in total. The lowest BCUT2D eigenvalue weighted by molar-refractivity contribution is 0.0960. The molecule has 0 aromatic heterocycles. The van der Waals surface area contributed by atoms with Crippen LogP contribution in [0, 0.1) is 0 Å². The van der Waals surface area contributed by atoms with Gasteiger partial charge in [-0.3, -0.25) is 5.32 Å². The SMILES string of the molecule is N[C@H]1C(O)N[C@@H](CO)[C@@H]1O. The molecule has 0 radical (unpaired) electrons. The van der Waals surface area contributed by atoms with E-state index in [1.807, 2.05) is 0 Å². The number of hydrogen-bond donors (Lipinski definition) is 5. The third-order valence-electron chi connectivity index (χ3n) is 1.75. The molecule has 1 rings (SSSR count). The molecular formula is C5H12N2O3. The first-order valence-electron chi connectivity index (χ1n) is 3.15. The molecule has 1 fully saturated rings. The summed E-state index contributed by atoms with van der Waals surface area (Å²) in [4.78, 5) is 0. The maximum Gasteiger partial charge on any atom is 0.123 e. The number of aliphatic hydroxyl groups excluding tert-OH is 3. The van der Waals surface area contributed by atoms with Gasteiger partial charge < -0.3 is 21.1 Å². The van der Waals surface area contributed by atoms with Crippen LogP contribution in [0.3, 0.4) is 0 Å². The number of aliphatic hydroxyl groups is 3. The predicted molar refractivity (Wildman–Crippen MR) is 34.0 cm³/mol. The Kier molecular flexibility index (Phi) is 2.22. The van der Waals surface area contributed by atoms with Crippen LogP contribution >= 0.6 is 0 Å². The van der Waals surface area contributed by atoms with E-state index in [4.69, 9.17) is 21.1 Å². The zero-order valence-electron chi connectivity index (χ0n) is 5.44. The summed E-state index contributed by atoms with van der Waals surface area (Å²) in [5.41, 5.74) is 5.31. The molecule has 0 aromatic rings. The molecule has 1 aliphatic rings. The van der Waals surface area contributed by atoms with Crippen molar-refractivity contribution in [1.29, 1.82) is 0 Å². The minimum absolute atomic E-state index is 0.216. The molecule has 0 spiro atoms. The molecule has 1 unspecified atom stereocenters. The molecule has 0 amide bonds. The first kappa shape index (κ1) is 7.90. The van der Waals surface area contributed by atoms with Gasteiger partial charge in [0.15, 0.2) is 0 Å². The summed E-state index contributed by atoms with van der Waals surface area (Å²) >= 11 is 0. The molecule has 4 atom stereocenters. The molecule has 1 heterocycles. The average Bonchev–Trinajstić information content (AvgIpc) is 2.17. The Labute approximate surface area is 58.5 Å². The van der Waals surface area contributed by atoms with Gasteiger partial charge in [-0.05, 0) is 0 Å². The molecule has 5 heteroatoms. The second kappa shape index (κ2) is 2.81. The highest BCUT2D eigenvalue weighted by atomic mass is 16.3. The number of nitrogens with two attached hydrogens (primary N) is 1. The van der Waals surface area contributed by atoms with Crippen LogP contribution in [0.2, 0.25) is 0 Å². The molecule has 0 bridgehead atoms. The van der Waals surface area contributed by atoms with Gasteiger partial charge in [0.05, 0.1) is 24.8 Å². The van der Waals surface area contributed by atoms with Gasteiger partial charge >= 0.3 is 0 Å². The summed E-state index contributed by atoms with van der Waals surface area (Å²) in [5.74, 6) is 0. The lowest BCUT2D eigenvalue weighted by Crippen LogP contribution is -2.41. The van der Waals surface area contributed by atoms with Crippen molar-refractivity contribution in [2.75, 3.05) is 6.61 Å². The third kappa shape index (κ3) is 1.14. The molecule has 1 saturated heterocycles. The smallest absolute Gasteiger partial charge is 0.123 e. The standard InChI is InChI=1S/C5H12N2O3/c6-3-4(9)2(1-8)7-5(3)10/h2-5,7-10H,1,6H2/t2-,3+,4-,5?/m0/s1.